The lowest BCUT2D eigenvalue weighted by atomic mass is 10.0. The predicted octanol–water partition coefficient (Wildman–Crippen LogP) is 10.1. The van der Waals surface area contributed by atoms with E-state index in [9.17, 15) is 31.1 Å². The molecule has 340 valence electrons. The van der Waals surface area contributed by atoms with E-state index in [1.54, 1.807) is 6.07 Å². The second-order valence-electron chi connectivity index (χ2n) is 16.7. The van der Waals surface area contributed by atoms with Crippen LogP contribution in [0.25, 0.3) is 27.5 Å². The molecule has 2 saturated carbocycles. The van der Waals surface area contributed by atoms with Crippen LogP contribution in [0, 0.1) is 29.4 Å². The number of halogens is 9. The Morgan fingerprint density at radius 3 is 2.45 bits per heavy atom. The SMILES string of the molecule is CSC(C)(C)C#Cc1ccc2c(=O)n(-c3ccc(Cl)c4c(NSC5CC5)nn(CC(F)F)c34)c(C(Cc3cc(F)cc(F)c3)NC(=O)Cn3nc(C(F)F)c4c3C(F)(F)C3CC43)nc2c1. The number of carbonyl (C=O) groups is 1. The lowest BCUT2D eigenvalue weighted by molar-refractivity contribution is -0.123. The lowest BCUT2D eigenvalue weighted by Gasteiger charge is -2.24. The van der Waals surface area contributed by atoms with Crippen molar-refractivity contribution in [3.05, 3.63) is 109 Å². The number of anilines is 1. The molecule has 2 fully saturated rings. The topological polar surface area (TPSA) is 112 Å². The van der Waals surface area contributed by atoms with E-state index in [2.05, 4.69) is 32.1 Å². The molecule has 3 aromatic carbocycles. The van der Waals surface area contributed by atoms with Gasteiger partial charge in [-0.1, -0.05) is 23.4 Å². The van der Waals surface area contributed by atoms with Gasteiger partial charge in [-0.3, -0.25) is 23.5 Å². The number of benzene rings is 3. The summed E-state index contributed by atoms with van der Waals surface area (Å²) in [5.74, 6) is -2.59. The quantitative estimate of drug-likeness (QED) is 0.0631. The number of alkyl halides is 6. The number of fused-ring (bicyclic) bond motifs is 5. The van der Waals surface area contributed by atoms with Crippen LogP contribution in [0.15, 0.2) is 53.3 Å². The molecule has 6 aromatic rings. The van der Waals surface area contributed by atoms with Crippen molar-refractivity contribution in [2.75, 3.05) is 11.0 Å². The number of nitrogens with one attached hydrogen (secondary N) is 2. The molecular weight excluding hydrogens is 924 g/mol. The number of amides is 1. The van der Waals surface area contributed by atoms with Crippen LogP contribution in [0.1, 0.15) is 85.4 Å². The highest BCUT2D eigenvalue weighted by atomic mass is 35.5. The van der Waals surface area contributed by atoms with Crippen molar-refractivity contribution in [3.8, 4) is 17.5 Å². The van der Waals surface area contributed by atoms with Crippen molar-refractivity contribution in [2.45, 2.75) is 93.4 Å². The van der Waals surface area contributed by atoms with Crippen LogP contribution in [0.3, 0.4) is 0 Å². The molecule has 21 heteroatoms. The minimum atomic E-state index is -3.56. The van der Waals surface area contributed by atoms with E-state index < -0.39 is 95.4 Å². The van der Waals surface area contributed by atoms with E-state index in [1.165, 1.54) is 48.0 Å². The summed E-state index contributed by atoms with van der Waals surface area (Å²) in [4.78, 5) is 34.2. The number of hydrogen-bond donors (Lipinski definition) is 2. The van der Waals surface area contributed by atoms with Crippen molar-refractivity contribution < 1.29 is 39.9 Å². The minimum Gasteiger partial charge on any atom is -0.344 e. The van der Waals surface area contributed by atoms with Crippen LogP contribution < -0.4 is 15.6 Å². The second-order valence-corrected chi connectivity index (χ2v) is 19.7. The fourth-order valence-corrected chi connectivity index (χ4v) is 9.44. The summed E-state index contributed by atoms with van der Waals surface area (Å²) in [5, 5.41) is 11.4. The van der Waals surface area contributed by atoms with E-state index in [-0.39, 0.29) is 67.0 Å². The maximum atomic E-state index is 15.6. The van der Waals surface area contributed by atoms with Crippen LogP contribution in [0.5, 0.6) is 0 Å². The van der Waals surface area contributed by atoms with Gasteiger partial charge < -0.3 is 10.0 Å². The third-order valence-corrected chi connectivity index (χ3v) is 14.2. The largest absolute Gasteiger partial charge is 0.344 e. The summed E-state index contributed by atoms with van der Waals surface area (Å²) >= 11 is 9.59. The highest BCUT2D eigenvalue weighted by molar-refractivity contribution is 8.01. The summed E-state index contributed by atoms with van der Waals surface area (Å²) in [6.45, 7) is 1.89. The highest BCUT2D eigenvalue weighted by Gasteiger charge is 2.67. The zero-order valence-electron chi connectivity index (χ0n) is 34.5. The van der Waals surface area contributed by atoms with Gasteiger partial charge in [-0.15, -0.1) is 11.8 Å². The molecule has 3 heterocycles. The molecule has 0 saturated heterocycles. The fraction of sp³-hybridized carbons (Fsp3) is 0.386. The van der Waals surface area contributed by atoms with Crippen LogP contribution in [-0.4, -0.2) is 57.7 Å². The highest BCUT2D eigenvalue weighted by Crippen LogP contribution is 2.68. The van der Waals surface area contributed by atoms with Gasteiger partial charge in [0.2, 0.25) is 5.91 Å². The van der Waals surface area contributed by atoms with Crippen molar-refractivity contribution in [2.24, 2.45) is 5.92 Å². The Hall–Kier alpha value is -5.26. The Labute approximate surface area is 379 Å². The first-order chi connectivity index (χ1) is 30.8. The molecular formula is C44H37ClF8N8O2S2. The van der Waals surface area contributed by atoms with Crippen molar-refractivity contribution in [1.29, 1.82) is 0 Å². The maximum Gasteiger partial charge on any atom is 0.293 e. The van der Waals surface area contributed by atoms with Gasteiger partial charge in [-0.25, -0.2) is 31.3 Å². The van der Waals surface area contributed by atoms with E-state index in [0.717, 1.165) is 34.2 Å². The van der Waals surface area contributed by atoms with Gasteiger partial charge in [0.15, 0.2) is 5.82 Å². The van der Waals surface area contributed by atoms with Crippen molar-refractivity contribution in [1.82, 2.24) is 34.4 Å². The third kappa shape index (κ3) is 8.66. The molecule has 10 nitrogen and oxygen atoms in total. The molecule has 0 aliphatic heterocycles. The first-order valence-electron chi connectivity index (χ1n) is 20.4. The number of hydrogen-bond acceptors (Lipinski definition) is 8. The average molecular weight is 961 g/mol. The molecule has 3 unspecified atom stereocenters. The van der Waals surface area contributed by atoms with Crippen LogP contribution in [0.4, 0.5) is 40.9 Å². The van der Waals surface area contributed by atoms with Crippen LogP contribution in [0.2, 0.25) is 5.02 Å². The van der Waals surface area contributed by atoms with Gasteiger partial charge in [0.05, 0.1) is 43.3 Å². The Bertz CT molecular complexity index is 3010. The first kappa shape index (κ1) is 44.9. The predicted molar refractivity (Wildman–Crippen MR) is 233 cm³/mol. The molecule has 3 aliphatic rings. The molecule has 9 rings (SSSR count). The Morgan fingerprint density at radius 2 is 1.77 bits per heavy atom. The van der Waals surface area contributed by atoms with E-state index in [0.29, 0.717) is 16.3 Å². The van der Waals surface area contributed by atoms with E-state index in [4.69, 9.17) is 16.6 Å². The molecule has 3 aromatic heterocycles. The molecule has 2 N–H and O–H groups in total. The Balaban J connectivity index is 1.25. The summed E-state index contributed by atoms with van der Waals surface area (Å²) < 4.78 is 123. The number of nitrogens with zero attached hydrogens (tertiary/aromatic N) is 6. The summed E-state index contributed by atoms with van der Waals surface area (Å²) in [7, 11) is 0. The van der Waals surface area contributed by atoms with Gasteiger partial charge in [-0.2, -0.15) is 19.0 Å². The number of rotatable bonds is 14. The number of carbonyl (C=O) groups excluding carboxylic acids is 1. The number of thioether (sulfide) groups is 1. The standard InChI is InChI=1S/C44H37ClF8N8O2S2/c1-43(2,64-3)11-10-20-4-7-25-29(14-20)55-41(61(42(25)63)31-9-8-28(45)35-37(31)59(18-32(48)49)57-40(35)58-65-24-5-6-24)30(15-21-12-22(46)16-23(47)13-21)54-33(62)19-60-38-34(36(56-60)39(50)51)26-17-27(26)44(38,52)53/h4,7-9,12-14,16,24,26-27,30,32,39H,5-6,15,17-19H2,1-3H3,(H,54,62)(H,57,58). The zero-order chi connectivity index (χ0) is 46.3. The third-order valence-electron chi connectivity index (χ3n) is 11.6. The number of aromatic nitrogens is 6. The molecule has 0 spiro atoms. The zero-order valence-corrected chi connectivity index (χ0v) is 36.9. The summed E-state index contributed by atoms with van der Waals surface area (Å²) in [5.41, 5.74) is -2.38. The van der Waals surface area contributed by atoms with Crippen molar-refractivity contribution >= 4 is 68.8 Å². The molecule has 3 atom stereocenters. The summed E-state index contributed by atoms with van der Waals surface area (Å²) in [6, 6.07) is 8.41. The lowest BCUT2D eigenvalue weighted by Crippen LogP contribution is -2.38. The Morgan fingerprint density at radius 1 is 1.03 bits per heavy atom. The van der Waals surface area contributed by atoms with Crippen LogP contribution in [-0.2, 0) is 30.2 Å². The monoisotopic (exact) mass is 960 g/mol. The smallest absolute Gasteiger partial charge is 0.293 e. The van der Waals surface area contributed by atoms with Gasteiger partial charge in [0, 0.05) is 34.8 Å². The second kappa shape index (κ2) is 16.9. The van der Waals surface area contributed by atoms with Gasteiger partial charge in [0.1, 0.15) is 41.9 Å². The molecule has 3 aliphatic carbocycles. The maximum absolute atomic E-state index is 15.6. The molecule has 1 amide bonds. The van der Waals surface area contributed by atoms with Gasteiger partial charge in [-0.05, 0) is 105 Å². The first-order valence-corrected chi connectivity index (χ1v) is 22.9. The van der Waals surface area contributed by atoms with Crippen LogP contribution >= 0.6 is 35.3 Å². The van der Waals surface area contributed by atoms with E-state index >= 15 is 13.6 Å². The normalized spacial score (nSPS) is 17.9. The Kier molecular flexibility index (Phi) is 11.7. The minimum absolute atomic E-state index is 0.0112. The fourth-order valence-electron chi connectivity index (χ4n) is 8.25. The molecule has 0 radical (unpaired) electrons. The van der Waals surface area contributed by atoms with E-state index in [1.807, 2.05) is 20.1 Å². The van der Waals surface area contributed by atoms with Gasteiger partial charge >= 0.3 is 0 Å². The van der Waals surface area contributed by atoms with Crippen molar-refractivity contribution in [3.63, 3.8) is 0 Å². The van der Waals surface area contributed by atoms with Gasteiger partial charge in [0.25, 0.3) is 24.3 Å². The average Bonchev–Trinajstić information content (AvgIpc) is 4.15. The molecule has 65 heavy (non-hydrogen) atoms. The molecule has 0 bridgehead atoms. The summed E-state index contributed by atoms with van der Waals surface area (Å²) in [6.07, 6.45) is -2.93.